The van der Waals surface area contributed by atoms with E-state index in [2.05, 4.69) is 15.5 Å². The second-order valence-electron chi connectivity index (χ2n) is 7.26. The summed E-state index contributed by atoms with van der Waals surface area (Å²) < 4.78 is 3.23. The van der Waals surface area contributed by atoms with Crippen LogP contribution in [0.2, 0.25) is 0 Å². The molecule has 0 aliphatic rings. The van der Waals surface area contributed by atoms with Gasteiger partial charge in [0.25, 0.3) is 11.2 Å². The molecule has 0 saturated heterocycles. The highest BCUT2D eigenvalue weighted by molar-refractivity contribution is 7.99. The molecule has 2 heterocycles. The van der Waals surface area contributed by atoms with Crippen molar-refractivity contribution in [2.24, 2.45) is 0 Å². The summed E-state index contributed by atoms with van der Waals surface area (Å²) in [6.45, 7) is 0. The third kappa shape index (κ3) is 3.88. The maximum Gasteiger partial charge on any atom is 0.271 e. The molecule has 0 aliphatic carbocycles. The van der Waals surface area contributed by atoms with Gasteiger partial charge in [0.2, 0.25) is 11.7 Å². The van der Waals surface area contributed by atoms with E-state index in [1.54, 1.807) is 28.7 Å². The Labute approximate surface area is 196 Å². The fraction of sp³-hybridized carbons (Fsp3) is 0.0435. The number of fused-ring (bicyclic) bond motifs is 3. The molecule has 3 aromatic carbocycles. The first kappa shape index (κ1) is 21.3. The highest BCUT2D eigenvalue weighted by Gasteiger charge is 2.18. The topological polar surface area (TPSA) is 124 Å². The molecule has 1 N–H and O–H groups in total. The lowest BCUT2D eigenvalue weighted by Crippen LogP contribution is -2.21. The number of amides is 1. The second-order valence-corrected chi connectivity index (χ2v) is 8.20. The van der Waals surface area contributed by atoms with E-state index in [4.69, 9.17) is 0 Å². The molecule has 0 bridgehead atoms. The molecule has 0 unspecified atom stereocenters. The molecule has 0 aliphatic heterocycles. The van der Waals surface area contributed by atoms with Crippen LogP contribution in [0.3, 0.4) is 0 Å². The number of non-ortho nitro benzene ring substituents is 1. The number of carbonyl (C=O) groups is 1. The van der Waals surface area contributed by atoms with Gasteiger partial charge in [-0.05, 0) is 30.3 Å². The van der Waals surface area contributed by atoms with E-state index in [1.165, 1.54) is 22.8 Å². The zero-order valence-electron chi connectivity index (χ0n) is 17.5. The van der Waals surface area contributed by atoms with Gasteiger partial charge >= 0.3 is 0 Å². The van der Waals surface area contributed by atoms with Crippen LogP contribution in [0.25, 0.3) is 22.4 Å². The Bertz CT molecular complexity index is 1610. The zero-order chi connectivity index (χ0) is 23.7. The largest absolute Gasteiger partial charge is 0.325 e. The van der Waals surface area contributed by atoms with Crippen LogP contribution in [0.4, 0.5) is 11.4 Å². The number of nitrogens with zero attached hydrogens (tertiary/aromatic N) is 5. The van der Waals surface area contributed by atoms with Gasteiger partial charge in [0.15, 0.2) is 5.16 Å². The maximum atomic E-state index is 13.3. The lowest BCUT2D eigenvalue weighted by atomic mass is 10.2. The summed E-state index contributed by atoms with van der Waals surface area (Å²) in [5, 5.41) is 23.0. The van der Waals surface area contributed by atoms with Gasteiger partial charge in [0, 0.05) is 17.8 Å². The van der Waals surface area contributed by atoms with Crippen molar-refractivity contribution in [2.45, 2.75) is 5.16 Å². The number of carbonyl (C=O) groups excluding carboxylic acids is 1. The van der Waals surface area contributed by atoms with Crippen LogP contribution in [0.5, 0.6) is 0 Å². The van der Waals surface area contributed by atoms with Gasteiger partial charge in [-0.25, -0.2) is 4.57 Å². The summed E-state index contributed by atoms with van der Waals surface area (Å²) >= 11 is 1.15. The van der Waals surface area contributed by atoms with Crippen molar-refractivity contribution in [1.82, 2.24) is 19.2 Å². The summed E-state index contributed by atoms with van der Waals surface area (Å²) in [7, 11) is 0. The predicted octanol–water partition coefficient (Wildman–Crippen LogP) is 3.67. The molecule has 1 amide bonds. The smallest absolute Gasteiger partial charge is 0.271 e. The molecular formula is C23H16N6O4S. The maximum absolute atomic E-state index is 13.3. The number of thioether (sulfide) groups is 1. The van der Waals surface area contributed by atoms with Crippen LogP contribution >= 0.6 is 11.8 Å². The fourth-order valence-electron chi connectivity index (χ4n) is 3.61. The van der Waals surface area contributed by atoms with Crippen LogP contribution in [0, 0.1) is 10.1 Å². The molecule has 168 valence electrons. The molecule has 0 fully saturated rings. The fourth-order valence-corrected chi connectivity index (χ4v) is 4.35. The minimum absolute atomic E-state index is 0.0116. The number of nitro groups is 1. The quantitative estimate of drug-likeness (QED) is 0.227. The number of benzene rings is 3. The SMILES string of the molecule is O=C(CSc1nnc2n(-c3ccccc3)c(=O)c3ccccc3n12)Nc1cccc([N+](=O)[O-])c1. The van der Waals surface area contributed by atoms with E-state index in [0.717, 1.165) is 11.8 Å². The number of para-hydroxylation sites is 2. The van der Waals surface area contributed by atoms with Gasteiger partial charge in [-0.3, -0.25) is 24.1 Å². The average molecular weight is 472 g/mol. The Hall–Kier alpha value is -4.51. The highest BCUT2D eigenvalue weighted by Crippen LogP contribution is 2.24. The van der Waals surface area contributed by atoms with Crippen molar-refractivity contribution in [3.63, 3.8) is 0 Å². The molecular weight excluding hydrogens is 456 g/mol. The zero-order valence-corrected chi connectivity index (χ0v) is 18.3. The number of hydrogen-bond donors (Lipinski definition) is 1. The average Bonchev–Trinajstić information content (AvgIpc) is 3.27. The number of anilines is 1. The molecule has 11 heteroatoms. The predicted molar refractivity (Wildman–Crippen MR) is 129 cm³/mol. The molecule has 10 nitrogen and oxygen atoms in total. The van der Waals surface area contributed by atoms with Gasteiger partial charge < -0.3 is 5.32 Å². The third-order valence-corrected chi connectivity index (χ3v) is 6.01. The van der Waals surface area contributed by atoms with E-state index in [0.29, 0.717) is 33.2 Å². The van der Waals surface area contributed by atoms with E-state index in [1.807, 2.05) is 36.4 Å². The monoisotopic (exact) mass is 472 g/mol. The number of nitrogens with one attached hydrogen (secondary N) is 1. The second kappa shape index (κ2) is 8.79. The number of nitro benzene ring substituents is 1. The lowest BCUT2D eigenvalue weighted by molar-refractivity contribution is -0.384. The molecule has 0 radical (unpaired) electrons. The molecule has 34 heavy (non-hydrogen) atoms. The molecule has 0 spiro atoms. The normalized spacial score (nSPS) is 11.1. The van der Waals surface area contributed by atoms with Crippen molar-refractivity contribution < 1.29 is 9.72 Å². The van der Waals surface area contributed by atoms with Gasteiger partial charge in [-0.1, -0.05) is 48.2 Å². The summed E-state index contributed by atoms with van der Waals surface area (Å²) in [4.78, 5) is 36.2. The van der Waals surface area contributed by atoms with Crippen LogP contribution in [0.15, 0.2) is 88.8 Å². The summed E-state index contributed by atoms with van der Waals surface area (Å²) in [6, 6.07) is 22.0. The van der Waals surface area contributed by atoms with Gasteiger partial charge in [0.1, 0.15) is 0 Å². The lowest BCUT2D eigenvalue weighted by Gasteiger charge is -2.11. The Morgan fingerprint density at radius 3 is 2.56 bits per heavy atom. The van der Waals surface area contributed by atoms with Crippen LogP contribution in [-0.4, -0.2) is 35.7 Å². The van der Waals surface area contributed by atoms with Crippen molar-refractivity contribution in [2.75, 3.05) is 11.1 Å². The number of hydrogen-bond acceptors (Lipinski definition) is 7. The van der Waals surface area contributed by atoms with Crippen LogP contribution in [-0.2, 0) is 4.79 Å². The molecule has 0 saturated carbocycles. The van der Waals surface area contributed by atoms with E-state index in [-0.39, 0.29) is 22.9 Å². The summed E-state index contributed by atoms with van der Waals surface area (Å²) in [6.07, 6.45) is 0. The minimum Gasteiger partial charge on any atom is -0.325 e. The molecule has 0 atom stereocenters. The van der Waals surface area contributed by atoms with Crippen LogP contribution in [0.1, 0.15) is 0 Å². The molecule has 5 rings (SSSR count). The first-order valence-corrected chi connectivity index (χ1v) is 11.1. The van der Waals surface area contributed by atoms with E-state index >= 15 is 0 Å². The van der Waals surface area contributed by atoms with Crippen molar-refractivity contribution in [3.05, 3.63) is 99.3 Å². The van der Waals surface area contributed by atoms with E-state index < -0.39 is 4.92 Å². The standard InChI is InChI=1S/C23H16N6O4S/c30-20(24-15-7-6-10-17(13-15)29(32)33)14-34-23-26-25-22-27(16-8-2-1-3-9-16)21(31)18-11-4-5-12-19(18)28(22)23/h1-13H,14H2,(H,24,30). The van der Waals surface area contributed by atoms with Gasteiger partial charge in [0.05, 0.1) is 27.3 Å². The van der Waals surface area contributed by atoms with E-state index in [9.17, 15) is 19.7 Å². The molecule has 2 aromatic heterocycles. The van der Waals surface area contributed by atoms with Crippen LogP contribution < -0.4 is 10.9 Å². The number of rotatable bonds is 6. The summed E-state index contributed by atoms with van der Waals surface area (Å²) in [5.41, 5.74) is 1.27. The number of aromatic nitrogens is 4. The molecule has 5 aromatic rings. The Morgan fingerprint density at radius 2 is 1.76 bits per heavy atom. The first-order chi connectivity index (χ1) is 16.5. The van der Waals surface area contributed by atoms with Gasteiger partial charge in [-0.15, -0.1) is 10.2 Å². The highest BCUT2D eigenvalue weighted by atomic mass is 32.2. The third-order valence-electron chi connectivity index (χ3n) is 5.08. The van der Waals surface area contributed by atoms with Crippen molar-refractivity contribution in [1.29, 1.82) is 0 Å². The Morgan fingerprint density at radius 1 is 1.00 bits per heavy atom. The van der Waals surface area contributed by atoms with Gasteiger partial charge in [-0.2, -0.15) is 0 Å². The Kier molecular flexibility index (Phi) is 5.52. The van der Waals surface area contributed by atoms with Crippen molar-refractivity contribution >= 4 is 45.7 Å². The summed E-state index contributed by atoms with van der Waals surface area (Å²) in [5.74, 6) is -0.0399. The minimum atomic E-state index is -0.524. The Balaban J connectivity index is 1.50. The first-order valence-electron chi connectivity index (χ1n) is 10.1. The van der Waals surface area contributed by atoms with Crippen molar-refractivity contribution in [3.8, 4) is 5.69 Å².